The van der Waals surface area contributed by atoms with E-state index in [1.165, 1.54) is 6.07 Å². The van der Waals surface area contributed by atoms with Crippen LogP contribution < -0.4 is 15.5 Å². The van der Waals surface area contributed by atoms with Crippen LogP contribution in [0.4, 0.5) is 0 Å². The van der Waals surface area contributed by atoms with Gasteiger partial charge in [-0.3, -0.25) is 9.59 Å². The molecule has 0 bridgehead atoms. The first-order chi connectivity index (χ1) is 11.1. The molecule has 23 heavy (non-hydrogen) atoms. The lowest BCUT2D eigenvalue weighted by Gasteiger charge is -2.15. The predicted octanol–water partition coefficient (Wildman–Crippen LogP) is 2.26. The lowest BCUT2D eigenvalue weighted by molar-refractivity contribution is -0.120. The van der Waals surface area contributed by atoms with Crippen LogP contribution in [0.2, 0.25) is 0 Å². The van der Waals surface area contributed by atoms with Crippen LogP contribution in [0.5, 0.6) is 5.75 Å². The minimum atomic E-state index is -0.132. The van der Waals surface area contributed by atoms with Gasteiger partial charge in [-0.2, -0.15) is 0 Å². The van der Waals surface area contributed by atoms with Crippen molar-refractivity contribution in [3.63, 3.8) is 0 Å². The first kappa shape index (κ1) is 16.8. The van der Waals surface area contributed by atoms with Crippen molar-refractivity contribution in [2.45, 2.75) is 33.4 Å². The molecule has 0 aliphatic carbocycles. The molecule has 1 aromatic heterocycles. The standard InChI is InChI=1S/C18H22N2O3/c1-3-17(22)19-10-12-20-11-9-16(21)18(14(20)2)23-13-15-7-5-4-6-8-15/h4-9,11H,3,10,12-13H2,1-2H3,(H,19,22). The Hall–Kier alpha value is -2.56. The quantitative estimate of drug-likeness (QED) is 0.853. The molecule has 1 amide bonds. The molecule has 2 rings (SSSR count). The molecule has 0 radical (unpaired) electrons. The molecule has 0 fully saturated rings. The lowest BCUT2D eigenvalue weighted by Crippen LogP contribution is -2.27. The number of aromatic nitrogens is 1. The number of carbonyl (C=O) groups is 1. The van der Waals surface area contributed by atoms with Crippen molar-refractivity contribution in [3.8, 4) is 5.75 Å². The van der Waals surface area contributed by atoms with Gasteiger partial charge in [0.15, 0.2) is 5.75 Å². The molecular weight excluding hydrogens is 292 g/mol. The molecule has 122 valence electrons. The van der Waals surface area contributed by atoms with Crippen LogP contribution in [0.15, 0.2) is 47.4 Å². The number of nitrogens with zero attached hydrogens (tertiary/aromatic N) is 1. The average Bonchev–Trinajstić information content (AvgIpc) is 2.57. The molecule has 0 spiro atoms. The fourth-order valence-electron chi connectivity index (χ4n) is 2.24. The van der Waals surface area contributed by atoms with Crippen molar-refractivity contribution in [1.82, 2.24) is 9.88 Å². The summed E-state index contributed by atoms with van der Waals surface area (Å²) in [5.74, 6) is 0.377. The molecule has 0 saturated carbocycles. The van der Waals surface area contributed by atoms with E-state index >= 15 is 0 Å². The van der Waals surface area contributed by atoms with Gasteiger partial charge in [0.05, 0.1) is 5.69 Å². The first-order valence-electron chi connectivity index (χ1n) is 7.75. The summed E-state index contributed by atoms with van der Waals surface area (Å²) in [4.78, 5) is 23.3. The van der Waals surface area contributed by atoms with Crippen LogP contribution >= 0.6 is 0 Å². The summed E-state index contributed by atoms with van der Waals surface area (Å²) in [5, 5.41) is 2.82. The van der Waals surface area contributed by atoms with Gasteiger partial charge in [0.2, 0.25) is 11.3 Å². The second-order valence-corrected chi connectivity index (χ2v) is 5.27. The fraction of sp³-hybridized carbons (Fsp3) is 0.333. The Kier molecular flexibility index (Phi) is 5.97. The van der Waals surface area contributed by atoms with Crippen LogP contribution in [0.1, 0.15) is 24.6 Å². The van der Waals surface area contributed by atoms with Crippen molar-refractivity contribution < 1.29 is 9.53 Å². The Labute approximate surface area is 135 Å². The second-order valence-electron chi connectivity index (χ2n) is 5.27. The van der Waals surface area contributed by atoms with Gasteiger partial charge < -0.3 is 14.6 Å². The summed E-state index contributed by atoms with van der Waals surface area (Å²) in [6, 6.07) is 11.2. The Bertz CT molecular complexity index is 708. The number of benzene rings is 1. The number of ether oxygens (including phenoxy) is 1. The van der Waals surface area contributed by atoms with E-state index in [2.05, 4.69) is 5.32 Å². The van der Waals surface area contributed by atoms with Gasteiger partial charge in [-0.1, -0.05) is 37.3 Å². The maximum Gasteiger partial charge on any atom is 0.223 e. The normalized spacial score (nSPS) is 10.3. The van der Waals surface area contributed by atoms with Gasteiger partial charge in [0, 0.05) is 31.8 Å². The van der Waals surface area contributed by atoms with Gasteiger partial charge in [-0.05, 0) is 12.5 Å². The van der Waals surface area contributed by atoms with E-state index in [4.69, 9.17) is 4.74 Å². The molecule has 0 unspecified atom stereocenters. The zero-order valence-electron chi connectivity index (χ0n) is 13.5. The van der Waals surface area contributed by atoms with E-state index in [9.17, 15) is 9.59 Å². The summed E-state index contributed by atoms with van der Waals surface area (Å²) >= 11 is 0. The smallest absolute Gasteiger partial charge is 0.223 e. The Morgan fingerprint density at radius 3 is 2.65 bits per heavy atom. The number of nitrogens with one attached hydrogen (secondary N) is 1. The number of amides is 1. The van der Waals surface area contributed by atoms with E-state index in [0.717, 1.165) is 11.3 Å². The van der Waals surface area contributed by atoms with E-state index in [1.54, 1.807) is 6.20 Å². The minimum Gasteiger partial charge on any atom is -0.483 e. The third-order valence-corrected chi connectivity index (χ3v) is 3.61. The highest BCUT2D eigenvalue weighted by atomic mass is 16.5. The fourth-order valence-corrected chi connectivity index (χ4v) is 2.24. The molecule has 2 aromatic rings. The molecule has 5 heteroatoms. The summed E-state index contributed by atoms with van der Waals surface area (Å²) < 4.78 is 7.64. The van der Waals surface area contributed by atoms with Crippen LogP contribution in [0, 0.1) is 6.92 Å². The van der Waals surface area contributed by atoms with Gasteiger partial charge in [-0.15, -0.1) is 0 Å². The molecule has 5 nitrogen and oxygen atoms in total. The van der Waals surface area contributed by atoms with E-state index in [1.807, 2.05) is 48.7 Å². The summed E-state index contributed by atoms with van der Waals surface area (Å²) in [6.45, 7) is 5.14. The predicted molar refractivity (Wildman–Crippen MR) is 89.5 cm³/mol. The van der Waals surface area contributed by atoms with Gasteiger partial charge in [-0.25, -0.2) is 0 Å². The summed E-state index contributed by atoms with van der Waals surface area (Å²) in [5.41, 5.74) is 1.64. The highest BCUT2D eigenvalue weighted by molar-refractivity contribution is 5.75. The van der Waals surface area contributed by atoms with Gasteiger partial charge in [0.1, 0.15) is 6.61 Å². The highest BCUT2D eigenvalue weighted by Crippen LogP contribution is 2.13. The lowest BCUT2D eigenvalue weighted by atomic mass is 10.2. The zero-order valence-corrected chi connectivity index (χ0v) is 13.5. The van der Waals surface area contributed by atoms with Crippen molar-refractivity contribution in [2.24, 2.45) is 0 Å². The minimum absolute atomic E-state index is 0.0178. The Morgan fingerprint density at radius 2 is 1.96 bits per heavy atom. The summed E-state index contributed by atoms with van der Waals surface area (Å²) in [6.07, 6.45) is 2.19. The van der Waals surface area contributed by atoms with E-state index in [0.29, 0.717) is 31.9 Å². The van der Waals surface area contributed by atoms with Gasteiger partial charge in [0.25, 0.3) is 0 Å². The van der Waals surface area contributed by atoms with Crippen LogP contribution in [-0.4, -0.2) is 17.0 Å². The first-order valence-corrected chi connectivity index (χ1v) is 7.75. The molecule has 0 aliphatic heterocycles. The number of hydrogen-bond donors (Lipinski definition) is 1. The maximum atomic E-state index is 12.0. The van der Waals surface area contributed by atoms with E-state index < -0.39 is 0 Å². The van der Waals surface area contributed by atoms with Crippen molar-refractivity contribution >= 4 is 5.91 Å². The molecule has 1 aromatic carbocycles. The zero-order chi connectivity index (χ0) is 16.7. The van der Waals surface area contributed by atoms with Crippen molar-refractivity contribution in [3.05, 3.63) is 64.1 Å². The molecule has 1 heterocycles. The second kappa shape index (κ2) is 8.17. The van der Waals surface area contributed by atoms with Crippen LogP contribution in [0.3, 0.4) is 0 Å². The highest BCUT2D eigenvalue weighted by Gasteiger charge is 2.09. The Balaban J connectivity index is 2.05. The average molecular weight is 314 g/mol. The number of rotatable bonds is 7. The van der Waals surface area contributed by atoms with Crippen molar-refractivity contribution in [1.29, 1.82) is 0 Å². The Morgan fingerprint density at radius 1 is 1.22 bits per heavy atom. The maximum absolute atomic E-state index is 12.0. The third-order valence-electron chi connectivity index (χ3n) is 3.61. The molecular formula is C18H22N2O3. The van der Waals surface area contributed by atoms with Crippen LogP contribution in [-0.2, 0) is 17.9 Å². The molecule has 0 atom stereocenters. The summed E-state index contributed by atoms with van der Waals surface area (Å²) in [7, 11) is 0. The monoisotopic (exact) mass is 314 g/mol. The van der Waals surface area contributed by atoms with Crippen LogP contribution in [0.25, 0.3) is 0 Å². The van der Waals surface area contributed by atoms with Crippen molar-refractivity contribution in [2.75, 3.05) is 6.54 Å². The topological polar surface area (TPSA) is 60.3 Å². The van der Waals surface area contributed by atoms with E-state index in [-0.39, 0.29) is 11.3 Å². The third kappa shape index (κ3) is 4.71. The molecule has 0 aliphatic rings. The molecule has 1 N–H and O–H groups in total. The molecule has 0 saturated heterocycles. The SMILES string of the molecule is CCC(=O)NCCn1ccc(=O)c(OCc2ccccc2)c1C. The van der Waals surface area contributed by atoms with Gasteiger partial charge >= 0.3 is 0 Å². The number of hydrogen-bond acceptors (Lipinski definition) is 3. The largest absolute Gasteiger partial charge is 0.483 e. The number of carbonyl (C=O) groups excluding carboxylic acids is 1. The number of pyridine rings is 1.